The molecule has 2 aromatic rings. The van der Waals surface area contributed by atoms with Gasteiger partial charge in [0.25, 0.3) is 0 Å². The van der Waals surface area contributed by atoms with Gasteiger partial charge in [0.15, 0.2) is 5.78 Å². The fourth-order valence-corrected chi connectivity index (χ4v) is 2.96. The highest BCUT2D eigenvalue weighted by atomic mass is 32.2. The SMILES string of the molecule is COC(COc1cc(Cc2ccccc2)cc(C(=O)CC(=O)C(=O)O)c1)SC. The molecule has 0 aromatic heterocycles. The lowest BCUT2D eigenvalue weighted by Gasteiger charge is -2.15. The van der Waals surface area contributed by atoms with E-state index in [2.05, 4.69) is 0 Å². The monoisotopic (exact) mass is 402 g/mol. The summed E-state index contributed by atoms with van der Waals surface area (Å²) in [5.74, 6) is -2.84. The van der Waals surface area contributed by atoms with Gasteiger partial charge in [-0.3, -0.25) is 9.59 Å². The molecule has 0 fully saturated rings. The zero-order valence-electron chi connectivity index (χ0n) is 15.7. The van der Waals surface area contributed by atoms with Crippen molar-refractivity contribution in [2.45, 2.75) is 18.3 Å². The lowest BCUT2D eigenvalue weighted by Crippen LogP contribution is -2.18. The van der Waals surface area contributed by atoms with E-state index in [1.807, 2.05) is 42.7 Å². The van der Waals surface area contributed by atoms with Gasteiger partial charge in [0.05, 0.1) is 6.42 Å². The Morgan fingerprint density at radius 3 is 2.39 bits per heavy atom. The number of rotatable bonds is 11. The quantitative estimate of drug-likeness (QED) is 0.267. The Morgan fingerprint density at radius 1 is 1.07 bits per heavy atom. The molecule has 28 heavy (non-hydrogen) atoms. The van der Waals surface area contributed by atoms with Crippen molar-refractivity contribution in [2.75, 3.05) is 20.0 Å². The molecule has 0 spiro atoms. The van der Waals surface area contributed by atoms with Crippen LogP contribution in [0.2, 0.25) is 0 Å². The molecule has 0 amide bonds. The molecule has 6 nitrogen and oxygen atoms in total. The van der Waals surface area contributed by atoms with Crippen LogP contribution in [0.25, 0.3) is 0 Å². The number of methoxy groups -OCH3 is 1. The average Bonchev–Trinajstić information content (AvgIpc) is 2.69. The number of aliphatic carboxylic acids is 1. The topological polar surface area (TPSA) is 89.9 Å². The Balaban J connectivity index is 2.27. The number of benzene rings is 2. The van der Waals surface area contributed by atoms with Crippen molar-refractivity contribution in [3.8, 4) is 5.75 Å². The van der Waals surface area contributed by atoms with Gasteiger partial charge in [-0.1, -0.05) is 30.3 Å². The molecule has 0 bridgehead atoms. The molecule has 1 atom stereocenters. The summed E-state index contributed by atoms with van der Waals surface area (Å²) in [4.78, 5) is 34.5. The average molecular weight is 402 g/mol. The Labute approximate surface area is 167 Å². The molecule has 2 aromatic carbocycles. The predicted octanol–water partition coefficient (Wildman–Crippen LogP) is 3.22. The Hall–Kier alpha value is -2.64. The number of hydrogen-bond donors (Lipinski definition) is 1. The number of carboxylic acids is 1. The molecule has 0 saturated carbocycles. The van der Waals surface area contributed by atoms with E-state index in [1.54, 1.807) is 13.2 Å². The van der Waals surface area contributed by atoms with E-state index in [0.717, 1.165) is 11.1 Å². The maximum atomic E-state index is 12.4. The molecule has 148 valence electrons. The molecule has 2 rings (SSSR count). The molecular formula is C21H22O6S. The van der Waals surface area contributed by atoms with Crippen LogP contribution >= 0.6 is 11.8 Å². The highest BCUT2D eigenvalue weighted by Crippen LogP contribution is 2.22. The number of ether oxygens (including phenoxy) is 2. The number of Topliss-reactive ketones (excluding diaryl/α,β-unsaturated/α-hetero) is 2. The summed E-state index contributed by atoms with van der Waals surface area (Å²) in [6.07, 6.45) is 1.78. The fraction of sp³-hybridized carbons (Fsp3) is 0.286. The molecule has 1 unspecified atom stereocenters. The number of hydrogen-bond acceptors (Lipinski definition) is 6. The van der Waals surface area contributed by atoms with Gasteiger partial charge in [0.2, 0.25) is 5.78 Å². The first-order valence-corrected chi connectivity index (χ1v) is 9.87. The van der Waals surface area contributed by atoms with Crippen molar-refractivity contribution in [1.29, 1.82) is 0 Å². The predicted molar refractivity (Wildman–Crippen MR) is 107 cm³/mol. The Morgan fingerprint density at radius 2 is 1.79 bits per heavy atom. The second-order valence-electron chi connectivity index (χ2n) is 6.07. The van der Waals surface area contributed by atoms with Gasteiger partial charge in [-0.15, -0.1) is 11.8 Å². The van der Waals surface area contributed by atoms with Gasteiger partial charge < -0.3 is 14.6 Å². The van der Waals surface area contributed by atoms with Crippen LogP contribution in [0.3, 0.4) is 0 Å². The molecule has 0 radical (unpaired) electrons. The van der Waals surface area contributed by atoms with E-state index in [9.17, 15) is 14.4 Å². The number of carbonyl (C=O) groups excluding carboxylic acids is 2. The molecule has 0 saturated heterocycles. The summed E-state index contributed by atoms with van der Waals surface area (Å²) in [5.41, 5.74) is 1.97. The van der Waals surface area contributed by atoms with Gasteiger partial charge in [0, 0.05) is 12.7 Å². The van der Waals surface area contributed by atoms with Crippen LogP contribution in [0.1, 0.15) is 27.9 Å². The molecule has 1 N–H and O–H groups in total. The lowest BCUT2D eigenvalue weighted by atomic mass is 9.99. The van der Waals surface area contributed by atoms with Crippen LogP contribution in [-0.2, 0) is 20.7 Å². The maximum Gasteiger partial charge on any atom is 0.372 e. The van der Waals surface area contributed by atoms with Gasteiger partial charge >= 0.3 is 5.97 Å². The van der Waals surface area contributed by atoms with Crippen LogP contribution in [0.5, 0.6) is 5.75 Å². The normalized spacial score (nSPS) is 11.6. The number of carbonyl (C=O) groups is 3. The van der Waals surface area contributed by atoms with Crippen LogP contribution in [-0.4, -0.2) is 48.1 Å². The van der Waals surface area contributed by atoms with E-state index in [1.165, 1.54) is 17.8 Å². The number of ketones is 2. The first kappa shape index (κ1) is 21.7. The third-order valence-electron chi connectivity index (χ3n) is 4.01. The van der Waals surface area contributed by atoms with Crippen LogP contribution < -0.4 is 4.74 Å². The molecule has 0 aliphatic heterocycles. The van der Waals surface area contributed by atoms with Gasteiger partial charge in [0.1, 0.15) is 17.8 Å². The summed E-state index contributed by atoms with van der Waals surface area (Å²) in [7, 11) is 1.59. The molecule has 0 aliphatic carbocycles. The summed E-state index contributed by atoms with van der Waals surface area (Å²) < 4.78 is 11.0. The van der Waals surface area contributed by atoms with Gasteiger partial charge in [-0.05, 0) is 42.0 Å². The van der Waals surface area contributed by atoms with Crippen molar-refractivity contribution in [3.05, 3.63) is 65.2 Å². The zero-order chi connectivity index (χ0) is 20.5. The van der Waals surface area contributed by atoms with Crippen molar-refractivity contribution in [3.63, 3.8) is 0 Å². The van der Waals surface area contributed by atoms with E-state index < -0.39 is 24.0 Å². The summed E-state index contributed by atoms with van der Waals surface area (Å²) in [6.45, 7) is 0.286. The van der Waals surface area contributed by atoms with Crippen molar-refractivity contribution in [2.24, 2.45) is 0 Å². The highest BCUT2D eigenvalue weighted by molar-refractivity contribution is 7.99. The number of thioether (sulfide) groups is 1. The lowest BCUT2D eigenvalue weighted by molar-refractivity contribution is -0.148. The zero-order valence-corrected chi connectivity index (χ0v) is 16.5. The number of carboxylic acid groups (broad SMARTS) is 1. The Kier molecular flexibility index (Phi) is 8.22. The standard InChI is InChI=1S/C21H22O6S/c1-26-20(28-2)13-27-17-10-15(8-14-6-4-3-5-7-14)9-16(11-17)18(22)12-19(23)21(24)25/h3-7,9-11,20H,8,12-13H2,1-2H3,(H,24,25). The minimum absolute atomic E-state index is 0.162. The Bertz CT molecular complexity index is 830. The van der Waals surface area contributed by atoms with Crippen LogP contribution in [0, 0.1) is 0 Å². The second-order valence-corrected chi connectivity index (χ2v) is 7.07. The second kappa shape index (κ2) is 10.6. The molecule has 0 aliphatic rings. The molecule has 7 heteroatoms. The fourth-order valence-electron chi connectivity index (χ4n) is 2.56. The van der Waals surface area contributed by atoms with Crippen molar-refractivity contribution < 1.29 is 29.0 Å². The van der Waals surface area contributed by atoms with Crippen molar-refractivity contribution in [1.82, 2.24) is 0 Å². The van der Waals surface area contributed by atoms with Crippen LogP contribution in [0.15, 0.2) is 48.5 Å². The van der Waals surface area contributed by atoms with E-state index in [4.69, 9.17) is 14.6 Å². The van der Waals surface area contributed by atoms with Gasteiger partial charge in [-0.25, -0.2) is 4.79 Å². The minimum atomic E-state index is -1.62. The first-order valence-electron chi connectivity index (χ1n) is 8.58. The largest absolute Gasteiger partial charge is 0.490 e. The van der Waals surface area contributed by atoms with E-state index in [0.29, 0.717) is 12.2 Å². The van der Waals surface area contributed by atoms with E-state index >= 15 is 0 Å². The molecule has 0 heterocycles. The molecular weight excluding hydrogens is 380 g/mol. The summed E-state index contributed by atoms with van der Waals surface area (Å²) in [5, 5.41) is 8.74. The smallest absolute Gasteiger partial charge is 0.372 e. The van der Waals surface area contributed by atoms with Crippen molar-refractivity contribution >= 4 is 29.3 Å². The third kappa shape index (κ3) is 6.51. The third-order valence-corrected chi connectivity index (χ3v) is 4.87. The maximum absolute atomic E-state index is 12.4. The summed E-state index contributed by atoms with van der Waals surface area (Å²) in [6, 6.07) is 14.7. The minimum Gasteiger partial charge on any atom is -0.490 e. The van der Waals surface area contributed by atoms with Gasteiger partial charge in [-0.2, -0.15) is 0 Å². The first-order chi connectivity index (χ1) is 13.4. The summed E-state index contributed by atoms with van der Waals surface area (Å²) >= 11 is 1.49. The highest BCUT2D eigenvalue weighted by Gasteiger charge is 2.19. The van der Waals surface area contributed by atoms with E-state index in [-0.39, 0.29) is 17.6 Å². The van der Waals surface area contributed by atoms with Crippen LogP contribution in [0.4, 0.5) is 0 Å².